The van der Waals surface area contributed by atoms with Crippen LogP contribution in [0, 0.1) is 0 Å². The van der Waals surface area contributed by atoms with Gasteiger partial charge in [0.1, 0.15) is 36.1 Å². The molecule has 0 saturated heterocycles. The lowest BCUT2D eigenvalue weighted by atomic mass is 9.89. The summed E-state index contributed by atoms with van der Waals surface area (Å²) in [6.07, 6.45) is 11.8. The molecule has 7 heterocycles. The summed E-state index contributed by atoms with van der Waals surface area (Å²) in [6, 6.07) is 75.9. The minimum absolute atomic E-state index is 0.448. The highest BCUT2D eigenvalue weighted by Crippen LogP contribution is 2.44. The molecule has 0 saturated carbocycles. The van der Waals surface area contributed by atoms with Gasteiger partial charge in [0.25, 0.3) is 0 Å². The largest absolute Gasteiger partial charge is 0.264 e. The summed E-state index contributed by atoms with van der Waals surface area (Å²) in [5, 5.41) is 15.1. The smallest absolute Gasteiger partial charge is 0.181 e. The van der Waals surface area contributed by atoms with Crippen LogP contribution in [0.2, 0.25) is 0 Å². The van der Waals surface area contributed by atoms with E-state index >= 15 is 0 Å². The van der Waals surface area contributed by atoms with Crippen LogP contribution in [0.5, 0.6) is 0 Å². The van der Waals surface area contributed by atoms with Crippen molar-refractivity contribution in [1.29, 1.82) is 0 Å². The fourth-order valence-corrected chi connectivity index (χ4v) is 12.4. The summed E-state index contributed by atoms with van der Waals surface area (Å²) in [6.45, 7) is 0. The minimum Gasteiger partial charge on any atom is -0.264 e. The van der Waals surface area contributed by atoms with Crippen molar-refractivity contribution in [2.75, 3.05) is 0 Å². The zero-order chi connectivity index (χ0) is 58.1. The van der Waals surface area contributed by atoms with Crippen molar-refractivity contribution in [1.82, 2.24) is 64.8 Å². The van der Waals surface area contributed by atoms with E-state index in [9.17, 15) is 0 Å². The van der Waals surface area contributed by atoms with Gasteiger partial charge in [-0.05, 0) is 177 Å². The van der Waals surface area contributed by atoms with Crippen molar-refractivity contribution < 1.29 is 0 Å². The number of hydrogen-bond donors (Lipinski definition) is 0. The molecule has 88 heavy (non-hydrogen) atoms. The Bertz CT molecular complexity index is 5670. The fourth-order valence-electron chi connectivity index (χ4n) is 12.4. The topological polar surface area (TPSA) is 168 Å². The second-order valence-corrected chi connectivity index (χ2v) is 21.6. The third kappa shape index (κ3) is 8.76. The van der Waals surface area contributed by atoms with Crippen molar-refractivity contribution in [3.05, 3.63) is 262 Å². The van der Waals surface area contributed by atoms with Crippen molar-refractivity contribution >= 4 is 75.4 Å². The van der Waals surface area contributed by atoms with Gasteiger partial charge in [0.2, 0.25) is 0 Å². The molecule has 13 heteroatoms. The average molecular weight is 1130 g/mol. The van der Waals surface area contributed by atoms with Gasteiger partial charge in [-0.25, -0.2) is 49.8 Å². The van der Waals surface area contributed by atoms with Crippen LogP contribution in [0.4, 0.5) is 0 Å². The van der Waals surface area contributed by atoms with Crippen LogP contribution in [-0.4, -0.2) is 64.8 Å². The lowest BCUT2D eigenvalue weighted by Gasteiger charge is -2.16. The van der Waals surface area contributed by atoms with Gasteiger partial charge in [0.05, 0.1) is 5.69 Å². The van der Waals surface area contributed by atoms with E-state index in [0.717, 1.165) is 71.0 Å². The molecule has 10 aromatic carbocycles. The van der Waals surface area contributed by atoms with Crippen LogP contribution >= 0.6 is 0 Å². The number of aromatic nitrogens is 13. The average Bonchev–Trinajstić information content (AvgIpc) is 0.867. The van der Waals surface area contributed by atoms with Crippen molar-refractivity contribution in [2.24, 2.45) is 0 Å². The van der Waals surface area contributed by atoms with E-state index in [2.05, 4.69) is 182 Å². The Morgan fingerprint density at radius 2 is 0.727 bits per heavy atom. The van der Waals surface area contributed by atoms with E-state index in [-0.39, 0.29) is 0 Å². The van der Waals surface area contributed by atoms with E-state index in [1.54, 1.807) is 18.7 Å². The first-order chi connectivity index (χ1) is 43.6. The van der Waals surface area contributed by atoms with Crippen molar-refractivity contribution in [3.63, 3.8) is 0 Å². The molecule has 17 aromatic rings. The van der Waals surface area contributed by atoms with Crippen LogP contribution in [0.3, 0.4) is 0 Å². The van der Waals surface area contributed by atoms with E-state index in [0.29, 0.717) is 52.0 Å². The Kier molecular flexibility index (Phi) is 11.8. The summed E-state index contributed by atoms with van der Waals surface area (Å²) in [4.78, 5) is 61.7. The zero-order valence-corrected chi connectivity index (χ0v) is 46.6. The maximum absolute atomic E-state index is 5.24. The van der Waals surface area contributed by atoms with E-state index < -0.39 is 0 Å². The third-order valence-electron chi connectivity index (χ3n) is 16.5. The lowest BCUT2D eigenvalue weighted by molar-refractivity contribution is 1.05. The number of hydrogen-bond acceptors (Lipinski definition) is 13. The molecular weight excluding hydrogens is 1080 g/mol. The van der Waals surface area contributed by atoms with Crippen LogP contribution in [0.15, 0.2) is 262 Å². The predicted molar refractivity (Wildman–Crippen MR) is 349 cm³/mol. The number of pyridine rings is 4. The van der Waals surface area contributed by atoms with Crippen molar-refractivity contribution in [2.45, 2.75) is 0 Å². The number of benzene rings is 10. The number of fused-ring (bicyclic) bond motifs is 11. The normalized spacial score (nSPS) is 11.6. The van der Waals surface area contributed by atoms with Crippen LogP contribution < -0.4 is 0 Å². The summed E-state index contributed by atoms with van der Waals surface area (Å²) in [5.74, 6) is 2.89. The Morgan fingerprint density at radius 1 is 0.216 bits per heavy atom. The molecule has 0 N–H and O–H groups in total. The molecule has 0 atom stereocenters. The maximum atomic E-state index is 5.24. The summed E-state index contributed by atoms with van der Waals surface area (Å²) >= 11 is 0. The first-order valence-electron chi connectivity index (χ1n) is 28.7. The maximum Gasteiger partial charge on any atom is 0.181 e. The van der Waals surface area contributed by atoms with Gasteiger partial charge in [0, 0.05) is 52.4 Å². The van der Waals surface area contributed by atoms with Gasteiger partial charge >= 0.3 is 0 Å². The molecule has 0 aliphatic rings. The van der Waals surface area contributed by atoms with Gasteiger partial charge in [0.15, 0.2) is 34.9 Å². The van der Waals surface area contributed by atoms with Gasteiger partial charge in [-0.2, -0.15) is 0 Å². The number of rotatable bonds is 9. The third-order valence-corrected chi connectivity index (χ3v) is 16.5. The molecule has 0 spiro atoms. The summed E-state index contributed by atoms with van der Waals surface area (Å²) in [7, 11) is 0. The zero-order valence-electron chi connectivity index (χ0n) is 46.6. The summed E-state index contributed by atoms with van der Waals surface area (Å²) in [5.41, 5.74) is 10.8. The SMILES string of the molecule is c1ccc(-c2ncnc(-c3ccc4c(-c5ncnc(-c6ccccn6)n5)cc5cc(-c6ncnc(-c7cccc(-c8ccc9c(ccc%10cc(-c%11cccc(-c%12ccc%13cnccc%13c%12)c%11)c%11ccccc%11c%109)c8)n7)n6)c6ccccc6c5c4c3)n2)nc1. The van der Waals surface area contributed by atoms with Gasteiger partial charge in [-0.1, -0.05) is 133 Å². The minimum atomic E-state index is 0.448. The Morgan fingerprint density at radius 3 is 1.45 bits per heavy atom. The molecular formula is C75H43N13. The molecule has 13 nitrogen and oxygen atoms in total. The molecule has 0 aliphatic carbocycles. The molecule has 0 aliphatic heterocycles. The Balaban J connectivity index is 0.751. The first kappa shape index (κ1) is 50.2. The van der Waals surface area contributed by atoms with E-state index in [1.165, 1.54) is 67.2 Å². The monoisotopic (exact) mass is 1130 g/mol. The fraction of sp³-hybridized carbons (Fsp3) is 0. The van der Waals surface area contributed by atoms with Crippen LogP contribution in [0.1, 0.15) is 0 Å². The highest BCUT2D eigenvalue weighted by molar-refractivity contribution is 6.26. The molecule has 0 fully saturated rings. The Hall–Kier alpha value is -12.4. The van der Waals surface area contributed by atoms with Gasteiger partial charge < -0.3 is 0 Å². The molecule has 0 bridgehead atoms. The predicted octanol–water partition coefficient (Wildman–Crippen LogP) is 16.9. The molecule has 7 aromatic heterocycles. The molecule has 0 radical (unpaired) electrons. The number of nitrogens with zero attached hydrogens (tertiary/aromatic N) is 13. The second kappa shape index (κ2) is 20.8. The highest BCUT2D eigenvalue weighted by atomic mass is 15.0. The van der Waals surface area contributed by atoms with E-state index in [1.807, 2.05) is 79.1 Å². The lowest BCUT2D eigenvalue weighted by Crippen LogP contribution is -1.99. The second-order valence-electron chi connectivity index (χ2n) is 21.6. The molecule has 17 rings (SSSR count). The quantitative estimate of drug-likeness (QED) is 0.125. The highest BCUT2D eigenvalue weighted by Gasteiger charge is 2.21. The molecule has 0 unspecified atom stereocenters. The summed E-state index contributed by atoms with van der Waals surface area (Å²) < 4.78 is 0. The molecule has 0 amide bonds. The van der Waals surface area contributed by atoms with Crippen LogP contribution in [-0.2, 0) is 0 Å². The van der Waals surface area contributed by atoms with Gasteiger partial charge in [-0.15, -0.1) is 0 Å². The van der Waals surface area contributed by atoms with Crippen molar-refractivity contribution in [3.8, 4) is 102 Å². The van der Waals surface area contributed by atoms with E-state index in [4.69, 9.17) is 34.9 Å². The standard InChI is InChI=1S/C75H43N13/c1-3-15-58-55(13-1)60(47-12-9-11-44(34-47)45-21-24-52-40-76-32-29-46(52)33-45)36-50-23-22-48-35-49(25-27-54(48)68(50)58)64-19-10-20-67(85-64)75-84-43-81-71(88-75)62-38-53-39-63(72-80-42-83-74(87-72)66-18-6-8-31-78-66)57-28-26-51(37-61(57)69(53)59-16-4-2-14-56(59)62)70-79-41-82-73(86-70)65-17-5-7-30-77-65/h1-43H. The first-order valence-corrected chi connectivity index (χ1v) is 28.7. The Labute approximate surface area is 502 Å². The van der Waals surface area contributed by atoms with Crippen LogP contribution in [0.25, 0.3) is 178 Å². The van der Waals surface area contributed by atoms with Gasteiger partial charge in [-0.3, -0.25) is 15.0 Å². The molecule has 408 valence electrons.